The van der Waals surface area contributed by atoms with E-state index in [1.165, 1.54) is 0 Å². The van der Waals surface area contributed by atoms with Crippen LogP contribution in [0.15, 0.2) is 49.1 Å². The Balaban J connectivity index is 1.20. The number of piperidine rings is 1. The average Bonchev–Trinajstić information content (AvgIpc) is 3.54. The zero-order chi connectivity index (χ0) is 29.5. The Morgan fingerprint density at radius 3 is 2.43 bits per heavy atom. The van der Waals surface area contributed by atoms with Crippen molar-refractivity contribution in [2.45, 2.75) is 32.0 Å². The van der Waals surface area contributed by atoms with Crippen LogP contribution in [0.1, 0.15) is 29.8 Å². The minimum absolute atomic E-state index is 0.120. The zero-order valence-corrected chi connectivity index (χ0v) is 23.3. The summed E-state index contributed by atoms with van der Waals surface area (Å²) in [6, 6.07) is 10.9. The predicted octanol–water partition coefficient (Wildman–Crippen LogP) is 2.96. The van der Waals surface area contributed by atoms with Gasteiger partial charge in [0.1, 0.15) is 11.6 Å². The SMILES string of the molecule is N#Cc1ccc(CCNC(=O)[C@@H]2CCCN(c3cc(N4CCN(CCn5ccnc5)CC4)nc(C(F)(F)F)n3)C2)cc1. The van der Waals surface area contributed by atoms with E-state index in [4.69, 9.17) is 5.26 Å². The van der Waals surface area contributed by atoms with Gasteiger partial charge in [-0.3, -0.25) is 9.69 Å². The highest BCUT2D eigenvalue weighted by Crippen LogP contribution is 2.32. The first-order chi connectivity index (χ1) is 20.3. The second-order valence-electron chi connectivity index (χ2n) is 10.7. The van der Waals surface area contributed by atoms with Crippen molar-refractivity contribution in [3.8, 4) is 6.07 Å². The van der Waals surface area contributed by atoms with Gasteiger partial charge in [0.15, 0.2) is 0 Å². The number of hydrogen-bond donors (Lipinski definition) is 1. The van der Waals surface area contributed by atoms with Crippen molar-refractivity contribution in [3.05, 3.63) is 66.0 Å². The van der Waals surface area contributed by atoms with Crippen LogP contribution in [0.3, 0.4) is 0 Å². The van der Waals surface area contributed by atoms with Gasteiger partial charge < -0.3 is 19.7 Å². The van der Waals surface area contributed by atoms with Crippen molar-refractivity contribution in [1.82, 2.24) is 29.7 Å². The minimum Gasteiger partial charge on any atom is -0.356 e. The third-order valence-corrected chi connectivity index (χ3v) is 7.79. The molecule has 2 aromatic heterocycles. The fraction of sp³-hybridized carbons (Fsp3) is 0.483. The Morgan fingerprint density at radius 1 is 1.02 bits per heavy atom. The molecule has 1 amide bonds. The number of nitriles is 1. The molecule has 2 saturated heterocycles. The maximum atomic E-state index is 13.8. The number of nitrogens with one attached hydrogen (secondary N) is 1. The smallest absolute Gasteiger partial charge is 0.356 e. The Kier molecular flexibility index (Phi) is 9.22. The van der Waals surface area contributed by atoms with Gasteiger partial charge in [0.25, 0.3) is 0 Å². The molecular formula is C29H34F3N9O. The van der Waals surface area contributed by atoms with Crippen molar-refractivity contribution >= 4 is 17.5 Å². The first kappa shape index (κ1) is 29.3. The molecule has 5 rings (SSSR count). The van der Waals surface area contributed by atoms with E-state index in [1.54, 1.807) is 35.6 Å². The number of anilines is 2. The van der Waals surface area contributed by atoms with Gasteiger partial charge in [-0.05, 0) is 37.0 Å². The number of rotatable bonds is 9. The summed E-state index contributed by atoms with van der Waals surface area (Å²) in [6.07, 6.45) is 2.67. The number of hydrogen-bond acceptors (Lipinski definition) is 8. The van der Waals surface area contributed by atoms with Gasteiger partial charge in [0.05, 0.1) is 23.9 Å². The lowest BCUT2D eigenvalue weighted by atomic mass is 9.97. The Bertz CT molecular complexity index is 1360. The standard InChI is InChI=1S/C29H34F3N9O/c30-29(31,32)28-36-25(40-16-14-38(15-17-40)12-13-39-11-9-34-21-39)18-26(37-28)41-10-1-2-24(20-41)27(42)35-8-7-22-3-5-23(19-33)6-4-22/h3-6,9,11,18,21,24H,1-2,7-8,10,12-17,20H2,(H,35,42)/t24-/m1/s1. The summed E-state index contributed by atoms with van der Waals surface area (Å²) in [7, 11) is 0. The number of carbonyl (C=O) groups is 1. The van der Waals surface area contributed by atoms with E-state index in [-0.39, 0.29) is 23.5 Å². The molecule has 4 heterocycles. The number of nitrogens with zero attached hydrogens (tertiary/aromatic N) is 8. The van der Waals surface area contributed by atoms with Crippen LogP contribution in [0.4, 0.5) is 24.8 Å². The van der Waals surface area contributed by atoms with Gasteiger partial charge in [0, 0.05) is 77.4 Å². The van der Waals surface area contributed by atoms with E-state index in [0.29, 0.717) is 70.6 Å². The highest BCUT2D eigenvalue weighted by atomic mass is 19.4. The van der Waals surface area contributed by atoms with Crippen molar-refractivity contribution in [1.29, 1.82) is 5.26 Å². The van der Waals surface area contributed by atoms with E-state index < -0.39 is 12.0 Å². The van der Waals surface area contributed by atoms with Gasteiger partial charge in [-0.1, -0.05) is 12.1 Å². The first-order valence-electron chi connectivity index (χ1n) is 14.2. The van der Waals surface area contributed by atoms with Crippen LogP contribution < -0.4 is 15.1 Å². The molecule has 1 aromatic carbocycles. The molecule has 0 bridgehead atoms. The van der Waals surface area contributed by atoms with Crippen LogP contribution in [0.25, 0.3) is 0 Å². The van der Waals surface area contributed by atoms with E-state index in [0.717, 1.165) is 18.7 Å². The molecule has 0 aliphatic carbocycles. The molecule has 10 nitrogen and oxygen atoms in total. The average molecular weight is 582 g/mol. The van der Waals surface area contributed by atoms with E-state index in [2.05, 4.69) is 31.2 Å². The molecule has 0 spiro atoms. The van der Waals surface area contributed by atoms with Crippen LogP contribution in [-0.2, 0) is 23.9 Å². The number of halogens is 3. The van der Waals surface area contributed by atoms with Crippen molar-refractivity contribution in [2.24, 2.45) is 5.92 Å². The summed E-state index contributed by atoms with van der Waals surface area (Å²) < 4.78 is 43.5. The summed E-state index contributed by atoms with van der Waals surface area (Å²) in [4.78, 5) is 30.7. The number of carbonyl (C=O) groups excluding carboxylic acids is 1. The van der Waals surface area contributed by atoms with Crippen LogP contribution in [0.2, 0.25) is 0 Å². The number of amides is 1. The molecule has 0 radical (unpaired) electrons. The van der Waals surface area contributed by atoms with Crippen LogP contribution >= 0.6 is 0 Å². The van der Waals surface area contributed by atoms with Crippen LogP contribution in [0, 0.1) is 17.2 Å². The number of imidazole rings is 1. The lowest BCUT2D eigenvalue weighted by molar-refractivity contribution is -0.144. The Labute approximate surface area is 242 Å². The topological polar surface area (TPSA) is 106 Å². The highest BCUT2D eigenvalue weighted by Gasteiger charge is 2.37. The first-order valence-corrected chi connectivity index (χ1v) is 14.2. The van der Waals surface area contributed by atoms with Crippen LogP contribution in [-0.4, -0.2) is 82.7 Å². The lowest BCUT2D eigenvalue weighted by Gasteiger charge is -2.37. The number of alkyl halides is 3. The van der Waals surface area contributed by atoms with Gasteiger partial charge in [-0.2, -0.15) is 18.4 Å². The molecule has 2 fully saturated rings. The third kappa shape index (κ3) is 7.55. The van der Waals surface area contributed by atoms with E-state index in [1.807, 2.05) is 27.8 Å². The van der Waals surface area contributed by atoms with E-state index in [9.17, 15) is 18.0 Å². The molecule has 42 heavy (non-hydrogen) atoms. The van der Waals surface area contributed by atoms with Gasteiger partial charge in [-0.25, -0.2) is 15.0 Å². The molecule has 1 atom stereocenters. The largest absolute Gasteiger partial charge is 0.451 e. The van der Waals surface area contributed by atoms with E-state index >= 15 is 0 Å². The monoisotopic (exact) mass is 581 g/mol. The fourth-order valence-electron chi connectivity index (χ4n) is 5.37. The number of aromatic nitrogens is 4. The molecule has 0 unspecified atom stereocenters. The summed E-state index contributed by atoms with van der Waals surface area (Å²) >= 11 is 0. The van der Waals surface area contributed by atoms with Crippen molar-refractivity contribution in [3.63, 3.8) is 0 Å². The molecule has 0 saturated carbocycles. The van der Waals surface area contributed by atoms with Gasteiger partial charge in [0.2, 0.25) is 11.7 Å². The molecule has 3 aromatic rings. The summed E-state index contributed by atoms with van der Waals surface area (Å²) in [5.41, 5.74) is 1.59. The molecule has 2 aliphatic rings. The summed E-state index contributed by atoms with van der Waals surface area (Å²) in [6.45, 7) is 5.42. The normalized spacial score (nSPS) is 18.1. The maximum Gasteiger partial charge on any atom is 0.451 e. The van der Waals surface area contributed by atoms with Crippen molar-refractivity contribution < 1.29 is 18.0 Å². The quantitative estimate of drug-likeness (QED) is 0.411. The summed E-state index contributed by atoms with van der Waals surface area (Å²) in [5, 5.41) is 11.9. The van der Waals surface area contributed by atoms with Crippen molar-refractivity contribution in [2.75, 3.05) is 62.2 Å². The molecule has 222 valence electrons. The molecule has 1 N–H and O–H groups in total. The van der Waals surface area contributed by atoms with Gasteiger partial charge in [-0.15, -0.1) is 0 Å². The van der Waals surface area contributed by atoms with Crippen LogP contribution in [0.5, 0.6) is 0 Å². The Hall–Kier alpha value is -4.18. The molecule has 2 aliphatic heterocycles. The fourth-order valence-corrected chi connectivity index (χ4v) is 5.37. The Morgan fingerprint density at radius 2 is 1.76 bits per heavy atom. The molecular weight excluding hydrogens is 547 g/mol. The molecule has 13 heteroatoms. The third-order valence-electron chi connectivity index (χ3n) is 7.79. The lowest BCUT2D eigenvalue weighted by Crippen LogP contribution is -2.48. The predicted molar refractivity (Wildman–Crippen MR) is 151 cm³/mol. The number of benzene rings is 1. The second kappa shape index (κ2) is 13.2. The maximum absolute atomic E-state index is 13.8. The minimum atomic E-state index is -4.69. The zero-order valence-electron chi connectivity index (χ0n) is 23.3. The highest BCUT2D eigenvalue weighted by molar-refractivity contribution is 5.79. The number of piperazine rings is 1. The summed E-state index contributed by atoms with van der Waals surface area (Å²) in [5.74, 6) is -1.18. The second-order valence-corrected chi connectivity index (χ2v) is 10.7. The van der Waals surface area contributed by atoms with Gasteiger partial charge >= 0.3 is 6.18 Å².